The highest BCUT2D eigenvalue weighted by atomic mass is 79.9. The molecule has 0 fully saturated rings. The molecule has 108 valence electrons. The van der Waals surface area contributed by atoms with Gasteiger partial charge in [0, 0.05) is 34.5 Å². The first-order valence-corrected chi connectivity index (χ1v) is 7.71. The van der Waals surface area contributed by atoms with Gasteiger partial charge in [0.1, 0.15) is 5.65 Å². The number of pyridine rings is 2. The predicted octanol–water partition coefficient (Wildman–Crippen LogP) is 3.13. The van der Waals surface area contributed by atoms with E-state index in [-0.39, 0.29) is 6.04 Å². The first-order valence-electron chi connectivity index (χ1n) is 6.92. The lowest BCUT2D eigenvalue weighted by molar-refractivity contribution is 0.732. The lowest BCUT2D eigenvalue weighted by Crippen LogP contribution is -2.17. The van der Waals surface area contributed by atoms with Gasteiger partial charge in [-0.15, -0.1) is 0 Å². The fraction of sp³-hybridized carbons (Fsp3) is 0.250. The molecule has 3 aromatic rings. The normalized spacial score (nSPS) is 12.7. The Morgan fingerprint density at radius 2 is 2.14 bits per heavy atom. The number of hydrogen-bond donors (Lipinski definition) is 1. The van der Waals surface area contributed by atoms with Crippen molar-refractivity contribution in [1.29, 1.82) is 0 Å². The highest BCUT2D eigenvalue weighted by Crippen LogP contribution is 2.21. The van der Waals surface area contributed by atoms with Crippen LogP contribution in [0.15, 0.2) is 47.3 Å². The van der Waals surface area contributed by atoms with Gasteiger partial charge >= 0.3 is 0 Å². The minimum Gasteiger partial charge on any atom is -0.328 e. The second-order valence-corrected chi connectivity index (χ2v) is 6.22. The zero-order chi connectivity index (χ0) is 14.8. The molecule has 0 aliphatic carbocycles. The van der Waals surface area contributed by atoms with Gasteiger partial charge in [-0.25, -0.2) is 4.98 Å². The van der Waals surface area contributed by atoms with Crippen LogP contribution in [0.25, 0.3) is 11.0 Å². The molecule has 0 aliphatic rings. The van der Waals surface area contributed by atoms with Crippen molar-refractivity contribution in [1.82, 2.24) is 14.5 Å². The van der Waals surface area contributed by atoms with Crippen LogP contribution in [0.1, 0.15) is 18.2 Å². The summed E-state index contributed by atoms with van der Waals surface area (Å²) in [6.45, 7) is 2.73. The monoisotopic (exact) mass is 344 g/mol. The topological polar surface area (TPSA) is 56.7 Å². The third kappa shape index (κ3) is 3.14. The van der Waals surface area contributed by atoms with Crippen LogP contribution < -0.4 is 5.73 Å². The Kier molecular flexibility index (Phi) is 4.03. The van der Waals surface area contributed by atoms with E-state index >= 15 is 0 Å². The van der Waals surface area contributed by atoms with Crippen molar-refractivity contribution in [3.8, 4) is 0 Å². The molecule has 1 unspecified atom stereocenters. The Labute approximate surface area is 132 Å². The number of rotatable bonds is 4. The van der Waals surface area contributed by atoms with Crippen LogP contribution in [0.2, 0.25) is 0 Å². The molecule has 5 heteroatoms. The molecular formula is C16H17BrN4. The van der Waals surface area contributed by atoms with Gasteiger partial charge in [0.2, 0.25) is 0 Å². The first kappa shape index (κ1) is 14.2. The minimum atomic E-state index is 0.134. The van der Waals surface area contributed by atoms with E-state index in [1.165, 1.54) is 10.9 Å². The Morgan fingerprint density at radius 1 is 1.29 bits per heavy atom. The Hall–Kier alpha value is -1.72. The van der Waals surface area contributed by atoms with Crippen molar-refractivity contribution in [3.63, 3.8) is 0 Å². The summed E-state index contributed by atoms with van der Waals surface area (Å²) in [6, 6.07) is 8.23. The van der Waals surface area contributed by atoms with E-state index in [1.54, 1.807) is 0 Å². The number of nitrogens with zero attached hydrogens (tertiary/aromatic N) is 3. The van der Waals surface area contributed by atoms with Gasteiger partial charge in [-0.2, -0.15) is 0 Å². The number of hydrogen-bond acceptors (Lipinski definition) is 3. The van der Waals surface area contributed by atoms with Crippen LogP contribution >= 0.6 is 15.9 Å². The van der Waals surface area contributed by atoms with Gasteiger partial charge < -0.3 is 10.3 Å². The maximum atomic E-state index is 5.95. The molecular weight excluding hydrogens is 328 g/mol. The van der Waals surface area contributed by atoms with E-state index in [9.17, 15) is 0 Å². The molecule has 0 amide bonds. The zero-order valence-corrected chi connectivity index (χ0v) is 13.4. The molecule has 0 radical (unpaired) electrons. The van der Waals surface area contributed by atoms with E-state index < -0.39 is 0 Å². The number of aromatic nitrogens is 3. The molecule has 0 aromatic carbocycles. The van der Waals surface area contributed by atoms with Crippen molar-refractivity contribution in [2.45, 2.75) is 25.9 Å². The summed E-state index contributed by atoms with van der Waals surface area (Å²) in [7, 11) is 0. The molecule has 0 saturated heterocycles. The average molecular weight is 345 g/mol. The maximum absolute atomic E-state index is 5.95. The second-order valence-electron chi connectivity index (χ2n) is 5.31. The summed E-state index contributed by atoms with van der Waals surface area (Å²) in [5, 5.41) is 1.17. The number of fused-ring (bicyclic) bond motifs is 1. The lowest BCUT2D eigenvalue weighted by atomic mass is 10.1. The highest BCUT2D eigenvalue weighted by molar-refractivity contribution is 9.10. The maximum Gasteiger partial charge on any atom is 0.140 e. The van der Waals surface area contributed by atoms with Gasteiger partial charge in [-0.1, -0.05) is 0 Å². The minimum absolute atomic E-state index is 0.134. The van der Waals surface area contributed by atoms with Gasteiger partial charge in [0.15, 0.2) is 0 Å². The zero-order valence-electron chi connectivity index (χ0n) is 11.8. The fourth-order valence-electron chi connectivity index (χ4n) is 2.50. The van der Waals surface area contributed by atoms with Crippen molar-refractivity contribution in [3.05, 3.63) is 58.6 Å². The predicted molar refractivity (Wildman–Crippen MR) is 88.1 cm³/mol. The van der Waals surface area contributed by atoms with E-state index in [2.05, 4.69) is 42.7 Å². The third-order valence-electron chi connectivity index (χ3n) is 3.38. The van der Waals surface area contributed by atoms with Gasteiger partial charge in [-0.05, 0) is 59.1 Å². The Bertz CT molecular complexity index is 747. The number of halogens is 1. The van der Waals surface area contributed by atoms with Crippen LogP contribution in [0, 0.1) is 0 Å². The first-order chi connectivity index (χ1) is 10.1. The highest BCUT2D eigenvalue weighted by Gasteiger charge is 2.11. The lowest BCUT2D eigenvalue weighted by Gasteiger charge is -2.04. The van der Waals surface area contributed by atoms with Crippen molar-refractivity contribution < 1.29 is 0 Å². The molecule has 3 heterocycles. The number of nitrogens with two attached hydrogens (primary N) is 1. The van der Waals surface area contributed by atoms with Gasteiger partial charge in [-0.3, -0.25) is 4.98 Å². The van der Waals surface area contributed by atoms with Crippen LogP contribution in [-0.4, -0.2) is 20.6 Å². The molecule has 0 saturated carbocycles. The molecule has 3 rings (SSSR count). The quantitative estimate of drug-likeness (QED) is 0.790. The smallest absolute Gasteiger partial charge is 0.140 e. The molecule has 0 spiro atoms. The molecule has 2 N–H and O–H groups in total. The summed E-state index contributed by atoms with van der Waals surface area (Å²) in [5.41, 5.74) is 9.18. The molecule has 1 atom stereocenters. The summed E-state index contributed by atoms with van der Waals surface area (Å²) >= 11 is 3.41. The van der Waals surface area contributed by atoms with E-state index in [0.717, 1.165) is 22.2 Å². The van der Waals surface area contributed by atoms with Crippen LogP contribution in [0.5, 0.6) is 0 Å². The molecule has 0 bridgehead atoms. The Balaban J connectivity index is 2.00. The van der Waals surface area contributed by atoms with Crippen LogP contribution in [0.4, 0.5) is 0 Å². The van der Waals surface area contributed by atoms with Gasteiger partial charge in [0.05, 0.1) is 12.2 Å². The summed E-state index contributed by atoms with van der Waals surface area (Å²) < 4.78 is 3.13. The van der Waals surface area contributed by atoms with Gasteiger partial charge in [0.25, 0.3) is 0 Å². The fourth-order valence-corrected chi connectivity index (χ4v) is 2.73. The van der Waals surface area contributed by atoms with Crippen LogP contribution in [-0.2, 0) is 13.0 Å². The van der Waals surface area contributed by atoms with E-state index in [0.29, 0.717) is 6.54 Å². The summed E-state index contributed by atoms with van der Waals surface area (Å²) in [4.78, 5) is 8.94. The summed E-state index contributed by atoms with van der Waals surface area (Å²) in [5.74, 6) is 0. The third-order valence-corrected chi connectivity index (χ3v) is 3.85. The SMILES string of the molecule is CC(N)Cc1cn(Cc2ccc(Br)cn2)c2ncccc12. The average Bonchev–Trinajstić information content (AvgIpc) is 2.79. The van der Waals surface area contributed by atoms with Crippen molar-refractivity contribution in [2.75, 3.05) is 0 Å². The van der Waals surface area contributed by atoms with Crippen LogP contribution in [0.3, 0.4) is 0 Å². The molecule has 21 heavy (non-hydrogen) atoms. The summed E-state index contributed by atoms with van der Waals surface area (Å²) in [6.07, 6.45) is 6.63. The van der Waals surface area contributed by atoms with Crippen molar-refractivity contribution in [2.24, 2.45) is 5.73 Å². The molecule has 0 aliphatic heterocycles. The second kappa shape index (κ2) is 5.95. The van der Waals surface area contributed by atoms with Crippen molar-refractivity contribution >= 4 is 27.0 Å². The molecule has 3 aromatic heterocycles. The van der Waals surface area contributed by atoms with E-state index in [1.807, 2.05) is 37.5 Å². The largest absolute Gasteiger partial charge is 0.328 e. The standard InChI is InChI=1S/C16H17BrN4/c1-11(18)7-12-9-21(16-15(12)3-2-6-19-16)10-14-5-4-13(17)8-20-14/h2-6,8-9,11H,7,10,18H2,1H3. The Morgan fingerprint density at radius 3 is 2.86 bits per heavy atom. The molecule has 4 nitrogen and oxygen atoms in total. The van der Waals surface area contributed by atoms with E-state index in [4.69, 9.17) is 5.73 Å².